The molecule has 0 saturated carbocycles. The molecule has 1 fully saturated rings. The van der Waals surface area contributed by atoms with Crippen LogP contribution in [0.3, 0.4) is 0 Å². The van der Waals surface area contributed by atoms with Gasteiger partial charge in [-0.15, -0.1) is 0 Å². The average molecular weight is 265 g/mol. The molecule has 3 nitrogen and oxygen atoms in total. The average Bonchev–Trinajstić information content (AvgIpc) is 2.47. The zero-order valence-electron chi connectivity index (χ0n) is 12.2. The lowest BCUT2D eigenvalue weighted by molar-refractivity contribution is 0.00578. The van der Waals surface area contributed by atoms with Gasteiger partial charge in [-0.25, -0.2) is 4.39 Å². The molecule has 0 amide bonds. The van der Waals surface area contributed by atoms with Crippen LogP contribution in [0.5, 0.6) is 0 Å². The van der Waals surface area contributed by atoms with Crippen molar-refractivity contribution in [3.05, 3.63) is 35.1 Å². The summed E-state index contributed by atoms with van der Waals surface area (Å²) in [6.45, 7) is 9.77. The standard InChI is InChI=1S/C14H21BFNO2/c1-9-8-10(16)6-7-11(9)12(17)15-18-13(2,3)14(4,5)19-15/h6-8,12H,17H2,1-5H3/t12-/m0/s1. The van der Waals surface area contributed by atoms with Crippen LogP contribution in [0.1, 0.15) is 44.8 Å². The smallest absolute Gasteiger partial charge is 0.402 e. The van der Waals surface area contributed by atoms with Gasteiger partial charge in [0.25, 0.3) is 0 Å². The second kappa shape index (κ2) is 4.58. The molecule has 2 N–H and O–H groups in total. The molecular formula is C14H21BFNO2. The van der Waals surface area contributed by atoms with Crippen molar-refractivity contribution in [1.82, 2.24) is 0 Å². The molecule has 0 bridgehead atoms. The zero-order chi connectivity index (χ0) is 14.4. The van der Waals surface area contributed by atoms with Crippen LogP contribution in [0.15, 0.2) is 18.2 Å². The lowest BCUT2D eigenvalue weighted by Gasteiger charge is -2.32. The van der Waals surface area contributed by atoms with Gasteiger partial charge >= 0.3 is 7.12 Å². The zero-order valence-corrected chi connectivity index (χ0v) is 12.2. The molecule has 0 aliphatic carbocycles. The lowest BCUT2D eigenvalue weighted by atomic mass is 9.73. The summed E-state index contributed by atoms with van der Waals surface area (Å²) in [5.74, 6) is -0.691. The minimum Gasteiger partial charge on any atom is -0.402 e. The van der Waals surface area contributed by atoms with Gasteiger partial charge in [-0.3, -0.25) is 0 Å². The summed E-state index contributed by atoms with van der Waals surface area (Å²) in [5.41, 5.74) is 7.05. The van der Waals surface area contributed by atoms with E-state index in [9.17, 15) is 4.39 Å². The van der Waals surface area contributed by atoms with Gasteiger partial charge in [0.1, 0.15) is 5.82 Å². The van der Waals surface area contributed by atoms with Gasteiger partial charge in [0, 0.05) is 0 Å². The third kappa shape index (κ3) is 2.55. The van der Waals surface area contributed by atoms with Gasteiger partial charge in [-0.2, -0.15) is 0 Å². The van der Waals surface area contributed by atoms with Crippen molar-refractivity contribution in [3.8, 4) is 0 Å². The Bertz CT molecular complexity index is 474. The van der Waals surface area contributed by atoms with Crippen LogP contribution in [0.2, 0.25) is 0 Å². The van der Waals surface area contributed by atoms with Crippen LogP contribution in [0.25, 0.3) is 0 Å². The highest BCUT2D eigenvalue weighted by molar-refractivity contribution is 6.47. The van der Waals surface area contributed by atoms with Crippen molar-refractivity contribution in [2.75, 3.05) is 0 Å². The lowest BCUT2D eigenvalue weighted by Crippen LogP contribution is -2.41. The van der Waals surface area contributed by atoms with Crippen molar-refractivity contribution in [3.63, 3.8) is 0 Å². The number of hydrogen-bond acceptors (Lipinski definition) is 3. The van der Waals surface area contributed by atoms with Crippen LogP contribution in [-0.4, -0.2) is 18.3 Å². The SMILES string of the molecule is Cc1cc(F)ccc1[C@H](N)B1OC(C)(C)C(C)(C)O1. The van der Waals surface area contributed by atoms with E-state index in [1.54, 1.807) is 6.07 Å². The molecule has 1 saturated heterocycles. The van der Waals surface area contributed by atoms with Gasteiger partial charge in [-0.1, -0.05) is 6.07 Å². The Kier molecular flexibility index (Phi) is 3.50. The normalized spacial score (nSPS) is 22.6. The number of nitrogens with two attached hydrogens (primary N) is 1. The van der Waals surface area contributed by atoms with Crippen molar-refractivity contribution in [2.45, 2.75) is 51.8 Å². The van der Waals surface area contributed by atoms with Crippen LogP contribution < -0.4 is 5.73 Å². The van der Waals surface area contributed by atoms with Crippen LogP contribution in [0, 0.1) is 12.7 Å². The molecule has 104 valence electrons. The second-order valence-corrected chi connectivity index (χ2v) is 6.15. The Hall–Kier alpha value is -0.905. The van der Waals surface area contributed by atoms with Gasteiger partial charge in [-0.05, 0) is 57.9 Å². The predicted molar refractivity (Wildman–Crippen MR) is 74.1 cm³/mol. The number of halogens is 1. The monoisotopic (exact) mass is 265 g/mol. The van der Waals surface area contributed by atoms with E-state index in [2.05, 4.69) is 0 Å². The summed E-state index contributed by atoms with van der Waals surface area (Å²) in [5, 5.41) is 0. The molecular weight excluding hydrogens is 244 g/mol. The van der Waals surface area contributed by atoms with Crippen LogP contribution >= 0.6 is 0 Å². The molecule has 1 aliphatic heterocycles. The maximum absolute atomic E-state index is 13.1. The highest BCUT2D eigenvalue weighted by Gasteiger charge is 2.53. The first-order valence-electron chi connectivity index (χ1n) is 6.51. The first kappa shape index (κ1) is 14.5. The van der Waals surface area contributed by atoms with E-state index in [-0.39, 0.29) is 5.82 Å². The molecule has 1 atom stereocenters. The minimum absolute atomic E-state index is 0.262. The molecule has 0 aromatic heterocycles. The number of benzene rings is 1. The summed E-state index contributed by atoms with van der Waals surface area (Å²) in [4.78, 5) is 0. The van der Waals surface area contributed by atoms with Crippen molar-refractivity contribution < 1.29 is 13.7 Å². The topological polar surface area (TPSA) is 44.5 Å². The van der Waals surface area contributed by atoms with E-state index in [0.29, 0.717) is 0 Å². The molecule has 2 rings (SSSR count). The van der Waals surface area contributed by atoms with Crippen molar-refractivity contribution >= 4 is 7.12 Å². The number of aryl methyl sites for hydroxylation is 1. The van der Waals surface area contributed by atoms with Crippen molar-refractivity contribution in [2.24, 2.45) is 5.73 Å². The molecule has 0 unspecified atom stereocenters. The first-order valence-corrected chi connectivity index (χ1v) is 6.51. The molecule has 1 aromatic rings. The fraction of sp³-hybridized carbons (Fsp3) is 0.571. The van der Waals surface area contributed by atoms with Crippen molar-refractivity contribution in [1.29, 1.82) is 0 Å². The third-order valence-corrected chi connectivity index (χ3v) is 4.16. The Morgan fingerprint density at radius 1 is 1.16 bits per heavy atom. The Morgan fingerprint density at radius 2 is 1.68 bits per heavy atom. The van der Waals surface area contributed by atoms with Gasteiger partial charge in [0.2, 0.25) is 0 Å². The Balaban J connectivity index is 2.24. The molecule has 5 heteroatoms. The largest absolute Gasteiger partial charge is 0.480 e. The summed E-state index contributed by atoms with van der Waals surface area (Å²) >= 11 is 0. The quantitative estimate of drug-likeness (QED) is 0.836. The van der Waals surface area contributed by atoms with E-state index < -0.39 is 24.3 Å². The first-order chi connectivity index (χ1) is 8.64. The van der Waals surface area contributed by atoms with Gasteiger partial charge in [0.05, 0.1) is 17.1 Å². The highest BCUT2D eigenvalue weighted by Crippen LogP contribution is 2.39. The summed E-state index contributed by atoms with van der Waals surface area (Å²) < 4.78 is 25.0. The highest BCUT2D eigenvalue weighted by atomic mass is 19.1. The van der Waals surface area contributed by atoms with E-state index >= 15 is 0 Å². The number of rotatable bonds is 2. The summed E-state index contributed by atoms with van der Waals surface area (Å²) in [6, 6.07) is 4.58. The molecule has 0 radical (unpaired) electrons. The molecule has 19 heavy (non-hydrogen) atoms. The summed E-state index contributed by atoms with van der Waals surface area (Å²) in [7, 11) is -0.519. The third-order valence-electron chi connectivity index (χ3n) is 4.16. The van der Waals surface area contributed by atoms with E-state index in [0.717, 1.165) is 11.1 Å². The Morgan fingerprint density at radius 3 is 2.16 bits per heavy atom. The minimum atomic E-state index is -0.519. The fourth-order valence-electron chi connectivity index (χ4n) is 2.19. The molecule has 1 heterocycles. The Labute approximate surface area is 114 Å². The molecule has 0 spiro atoms. The maximum atomic E-state index is 13.1. The maximum Gasteiger partial charge on any atom is 0.480 e. The predicted octanol–water partition coefficient (Wildman–Crippen LogP) is 2.77. The molecule has 1 aliphatic rings. The van der Waals surface area contributed by atoms with Gasteiger partial charge < -0.3 is 15.0 Å². The van der Waals surface area contributed by atoms with Crippen LogP contribution in [-0.2, 0) is 9.31 Å². The van der Waals surface area contributed by atoms with Crippen LogP contribution in [0.4, 0.5) is 4.39 Å². The number of hydrogen-bond donors (Lipinski definition) is 1. The second-order valence-electron chi connectivity index (χ2n) is 6.15. The fourth-order valence-corrected chi connectivity index (χ4v) is 2.19. The molecule has 1 aromatic carbocycles. The summed E-state index contributed by atoms with van der Waals surface area (Å²) in [6.07, 6.45) is 0. The van der Waals surface area contributed by atoms with Gasteiger partial charge in [0.15, 0.2) is 0 Å². The van der Waals surface area contributed by atoms with E-state index in [4.69, 9.17) is 15.0 Å². The van der Waals surface area contributed by atoms with E-state index in [1.807, 2.05) is 34.6 Å². The van der Waals surface area contributed by atoms with E-state index in [1.165, 1.54) is 12.1 Å².